The third-order valence-electron chi connectivity index (χ3n) is 3.30. The summed E-state index contributed by atoms with van der Waals surface area (Å²) in [6.07, 6.45) is 7.58. The molecule has 1 aliphatic rings. The van der Waals surface area contributed by atoms with E-state index in [1.807, 2.05) is 17.8 Å². The second kappa shape index (κ2) is 6.75. The van der Waals surface area contributed by atoms with Gasteiger partial charge in [0, 0.05) is 22.9 Å². The molecule has 1 nitrogen and oxygen atoms in total. The SMILES string of the molecule is C=CCSc1ccccc1NCC1CCCC1. The fourth-order valence-corrected chi connectivity index (χ4v) is 3.12. The number of benzene rings is 1. The van der Waals surface area contributed by atoms with Crippen LogP contribution in [0.3, 0.4) is 0 Å². The lowest BCUT2D eigenvalue weighted by atomic mass is 10.1. The summed E-state index contributed by atoms with van der Waals surface area (Å²) in [7, 11) is 0. The maximum absolute atomic E-state index is 3.77. The number of thioether (sulfide) groups is 1. The molecule has 0 aliphatic heterocycles. The van der Waals surface area contributed by atoms with Gasteiger partial charge in [-0.05, 0) is 30.9 Å². The Hall–Kier alpha value is -0.890. The average molecular weight is 247 g/mol. The maximum Gasteiger partial charge on any atom is 0.0478 e. The van der Waals surface area contributed by atoms with E-state index in [0.29, 0.717) is 0 Å². The van der Waals surface area contributed by atoms with Crippen molar-refractivity contribution in [2.24, 2.45) is 5.92 Å². The molecule has 1 aliphatic carbocycles. The molecule has 0 bridgehead atoms. The quantitative estimate of drug-likeness (QED) is 0.584. The molecule has 1 N–H and O–H groups in total. The minimum Gasteiger partial charge on any atom is -0.384 e. The second-order valence-corrected chi connectivity index (χ2v) is 5.69. The molecule has 0 amide bonds. The smallest absolute Gasteiger partial charge is 0.0478 e. The van der Waals surface area contributed by atoms with Gasteiger partial charge >= 0.3 is 0 Å². The summed E-state index contributed by atoms with van der Waals surface area (Å²) < 4.78 is 0. The molecular formula is C15H21NS. The minimum absolute atomic E-state index is 0.882. The highest BCUT2D eigenvalue weighted by atomic mass is 32.2. The molecule has 0 radical (unpaired) electrons. The normalized spacial score (nSPS) is 16.0. The zero-order valence-electron chi connectivity index (χ0n) is 10.3. The Bertz CT molecular complexity index is 356. The highest BCUT2D eigenvalue weighted by Gasteiger charge is 2.14. The van der Waals surface area contributed by atoms with Crippen molar-refractivity contribution >= 4 is 17.4 Å². The van der Waals surface area contributed by atoms with Crippen molar-refractivity contribution in [3.63, 3.8) is 0 Å². The Morgan fingerprint density at radius 1 is 1.29 bits per heavy atom. The van der Waals surface area contributed by atoms with Gasteiger partial charge in [0.05, 0.1) is 0 Å². The molecule has 0 atom stereocenters. The van der Waals surface area contributed by atoms with Gasteiger partial charge in [-0.25, -0.2) is 0 Å². The summed E-state index contributed by atoms with van der Waals surface area (Å²) in [4.78, 5) is 1.34. The molecule has 0 unspecified atom stereocenters. The first-order valence-electron chi connectivity index (χ1n) is 6.46. The van der Waals surface area contributed by atoms with Crippen LogP contribution in [0.2, 0.25) is 0 Å². The minimum atomic E-state index is 0.882. The van der Waals surface area contributed by atoms with E-state index in [1.54, 1.807) is 0 Å². The average Bonchev–Trinajstić information content (AvgIpc) is 2.88. The predicted octanol–water partition coefficient (Wildman–Crippen LogP) is 4.57. The lowest BCUT2D eigenvalue weighted by Gasteiger charge is -2.14. The van der Waals surface area contributed by atoms with E-state index in [-0.39, 0.29) is 0 Å². The Balaban J connectivity index is 1.91. The number of hydrogen-bond acceptors (Lipinski definition) is 2. The third-order valence-corrected chi connectivity index (χ3v) is 4.37. The van der Waals surface area contributed by atoms with E-state index in [9.17, 15) is 0 Å². The van der Waals surface area contributed by atoms with Crippen molar-refractivity contribution in [1.29, 1.82) is 0 Å². The highest BCUT2D eigenvalue weighted by Crippen LogP contribution is 2.29. The first kappa shape index (κ1) is 12.6. The molecule has 0 aromatic heterocycles. The number of hydrogen-bond donors (Lipinski definition) is 1. The molecule has 0 spiro atoms. The van der Waals surface area contributed by atoms with Gasteiger partial charge in [-0.2, -0.15) is 0 Å². The molecule has 92 valence electrons. The van der Waals surface area contributed by atoms with E-state index < -0.39 is 0 Å². The first-order valence-corrected chi connectivity index (χ1v) is 7.45. The number of nitrogens with one attached hydrogen (secondary N) is 1. The fraction of sp³-hybridized carbons (Fsp3) is 0.467. The van der Waals surface area contributed by atoms with Crippen molar-refractivity contribution < 1.29 is 0 Å². The second-order valence-electron chi connectivity index (χ2n) is 4.63. The number of para-hydroxylation sites is 1. The molecule has 1 aromatic rings. The van der Waals surface area contributed by atoms with Gasteiger partial charge in [0.25, 0.3) is 0 Å². The Labute approximate surface area is 109 Å². The van der Waals surface area contributed by atoms with Gasteiger partial charge in [-0.15, -0.1) is 18.3 Å². The van der Waals surface area contributed by atoms with Crippen LogP contribution in [-0.2, 0) is 0 Å². The highest BCUT2D eigenvalue weighted by molar-refractivity contribution is 7.99. The van der Waals surface area contributed by atoms with Crippen LogP contribution in [0.25, 0.3) is 0 Å². The van der Waals surface area contributed by atoms with Crippen LogP contribution in [0.4, 0.5) is 5.69 Å². The van der Waals surface area contributed by atoms with Crippen LogP contribution in [0.1, 0.15) is 25.7 Å². The van der Waals surface area contributed by atoms with Gasteiger partial charge in [0.2, 0.25) is 0 Å². The van der Waals surface area contributed by atoms with Gasteiger partial charge in [0.1, 0.15) is 0 Å². The largest absolute Gasteiger partial charge is 0.384 e. The molecule has 0 heterocycles. The zero-order chi connectivity index (χ0) is 11.9. The van der Waals surface area contributed by atoms with Crippen molar-refractivity contribution in [2.45, 2.75) is 30.6 Å². The van der Waals surface area contributed by atoms with Gasteiger partial charge < -0.3 is 5.32 Å². The fourth-order valence-electron chi connectivity index (χ4n) is 2.36. The summed E-state index contributed by atoms with van der Waals surface area (Å²) in [5.41, 5.74) is 1.28. The van der Waals surface area contributed by atoms with E-state index >= 15 is 0 Å². The van der Waals surface area contributed by atoms with Gasteiger partial charge in [-0.3, -0.25) is 0 Å². The lowest BCUT2D eigenvalue weighted by molar-refractivity contribution is 0.579. The molecule has 1 fully saturated rings. The van der Waals surface area contributed by atoms with E-state index in [1.165, 1.54) is 36.3 Å². The lowest BCUT2D eigenvalue weighted by Crippen LogP contribution is -2.11. The molecule has 1 aromatic carbocycles. The molecular weight excluding hydrogens is 226 g/mol. The van der Waals surface area contributed by atoms with E-state index in [0.717, 1.165) is 18.2 Å². The van der Waals surface area contributed by atoms with Crippen molar-refractivity contribution in [2.75, 3.05) is 17.6 Å². The van der Waals surface area contributed by atoms with Crippen LogP contribution in [0.15, 0.2) is 41.8 Å². The Morgan fingerprint density at radius 3 is 2.82 bits per heavy atom. The first-order chi connectivity index (χ1) is 8.40. The summed E-state index contributed by atoms with van der Waals surface area (Å²) >= 11 is 1.85. The maximum atomic E-state index is 3.77. The summed E-state index contributed by atoms with van der Waals surface area (Å²) in [6, 6.07) is 8.58. The predicted molar refractivity (Wildman–Crippen MR) is 77.8 cm³/mol. The van der Waals surface area contributed by atoms with Crippen LogP contribution in [0, 0.1) is 5.92 Å². The van der Waals surface area contributed by atoms with Crippen LogP contribution >= 0.6 is 11.8 Å². The van der Waals surface area contributed by atoms with Crippen molar-refractivity contribution in [3.8, 4) is 0 Å². The number of rotatable bonds is 6. The topological polar surface area (TPSA) is 12.0 Å². The van der Waals surface area contributed by atoms with Crippen LogP contribution in [0.5, 0.6) is 0 Å². The van der Waals surface area contributed by atoms with E-state index in [4.69, 9.17) is 0 Å². The molecule has 17 heavy (non-hydrogen) atoms. The summed E-state index contributed by atoms with van der Waals surface area (Å²) in [6.45, 7) is 4.90. The molecule has 2 heteroatoms. The molecule has 1 saturated carbocycles. The zero-order valence-corrected chi connectivity index (χ0v) is 11.1. The van der Waals surface area contributed by atoms with Crippen LogP contribution in [-0.4, -0.2) is 12.3 Å². The number of anilines is 1. The van der Waals surface area contributed by atoms with Crippen LogP contribution < -0.4 is 5.32 Å². The Morgan fingerprint density at radius 2 is 2.06 bits per heavy atom. The monoisotopic (exact) mass is 247 g/mol. The standard InChI is InChI=1S/C15H21NS/c1-2-11-17-15-10-6-5-9-14(15)16-12-13-7-3-4-8-13/h2,5-6,9-10,13,16H,1,3-4,7-8,11-12H2. The molecule has 2 rings (SSSR count). The summed E-state index contributed by atoms with van der Waals surface area (Å²) in [5, 5.41) is 3.61. The van der Waals surface area contributed by atoms with Crippen molar-refractivity contribution in [3.05, 3.63) is 36.9 Å². The summed E-state index contributed by atoms with van der Waals surface area (Å²) in [5.74, 6) is 1.86. The molecule has 0 saturated heterocycles. The van der Waals surface area contributed by atoms with Gasteiger partial charge in [-0.1, -0.05) is 31.1 Å². The Kier molecular flexibility index (Phi) is 4.99. The van der Waals surface area contributed by atoms with Gasteiger partial charge in [0.15, 0.2) is 0 Å². The van der Waals surface area contributed by atoms with E-state index in [2.05, 4.69) is 36.2 Å². The van der Waals surface area contributed by atoms with Crippen molar-refractivity contribution in [1.82, 2.24) is 0 Å². The third kappa shape index (κ3) is 3.81.